The SMILES string of the molecule is Cc1ccc(OCCOC(=O)c2c(C)noc2N)cc1. The van der Waals surface area contributed by atoms with Crippen molar-refractivity contribution in [1.82, 2.24) is 5.16 Å². The number of rotatable bonds is 5. The summed E-state index contributed by atoms with van der Waals surface area (Å²) in [6.45, 7) is 4.01. The lowest BCUT2D eigenvalue weighted by atomic mass is 10.2. The Bertz CT molecular complexity index is 570. The van der Waals surface area contributed by atoms with Gasteiger partial charge in [0.2, 0.25) is 5.88 Å². The first-order chi connectivity index (χ1) is 9.58. The van der Waals surface area contributed by atoms with Gasteiger partial charge in [-0.2, -0.15) is 0 Å². The number of benzene rings is 1. The zero-order valence-corrected chi connectivity index (χ0v) is 11.4. The lowest BCUT2D eigenvalue weighted by Gasteiger charge is -2.07. The van der Waals surface area contributed by atoms with Crippen LogP contribution in [0.4, 0.5) is 5.88 Å². The van der Waals surface area contributed by atoms with Crippen LogP contribution in [0.15, 0.2) is 28.8 Å². The smallest absolute Gasteiger partial charge is 0.345 e. The largest absolute Gasteiger partial charge is 0.490 e. The van der Waals surface area contributed by atoms with E-state index in [0.29, 0.717) is 5.69 Å². The highest BCUT2D eigenvalue weighted by atomic mass is 16.6. The molecule has 0 saturated heterocycles. The molecule has 0 amide bonds. The number of aromatic nitrogens is 1. The molecule has 2 rings (SSSR count). The molecule has 2 N–H and O–H groups in total. The van der Waals surface area contributed by atoms with Gasteiger partial charge in [0.1, 0.15) is 24.5 Å². The van der Waals surface area contributed by atoms with Gasteiger partial charge in [-0.3, -0.25) is 0 Å². The van der Waals surface area contributed by atoms with E-state index in [9.17, 15) is 4.79 Å². The van der Waals surface area contributed by atoms with Gasteiger partial charge < -0.3 is 19.7 Å². The topological polar surface area (TPSA) is 87.6 Å². The number of aryl methyl sites for hydroxylation is 2. The second-order valence-corrected chi connectivity index (χ2v) is 4.30. The molecule has 6 nitrogen and oxygen atoms in total. The predicted octanol–water partition coefficient (Wildman–Crippen LogP) is 2.11. The van der Waals surface area contributed by atoms with Crippen LogP contribution in [-0.4, -0.2) is 24.3 Å². The molecular weight excluding hydrogens is 260 g/mol. The van der Waals surface area contributed by atoms with Gasteiger partial charge in [-0.05, 0) is 26.0 Å². The minimum absolute atomic E-state index is 0.0352. The van der Waals surface area contributed by atoms with E-state index in [1.807, 2.05) is 31.2 Å². The first kappa shape index (κ1) is 13.9. The van der Waals surface area contributed by atoms with Gasteiger partial charge >= 0.3 is 5.97 Å². The summed E-state index contributed by atoms with van der Waals surface area (Å²) in [5.74, 6) is 0.132. The van der Waals surface area contributed by atoms with E-state index in [-0.39, 0.29) is 24.7 Å². The minimum Gasteiger partial charge on any atom is -0.490 e. The highest BCUT2D eigenvalue weighted by Gasteiger charge is 2.19. The molecule has 20 heavy (non-hydrogen) atoms. The summed E-state index contributed by atoms with van der Waals surface area (Å²) < 4.78 is 15.2. The van der Waals surface area contributed by atoms with Gasteiger partial charge in [-0.1, -0.05) is 22.9 Å². The van der Waals surface area contributed by atoms with Crippen molar-refractivity contribution in [3.8, 4) is 5.75 Å². The third kappa shape index (κ3) is 3.28. The van der Waals surface area contributed by atoms with E-state index < -0.39 is 5.97 Å². The molecule has 1 aromatic carbocycles. The van der Waals surface area contributed by atoms with Crippen molar-refractivity contribution >= 4 is 11.9 Å². The predicted molar refractivity (Wildman–Crippen MR) is 72.6 cm³/mol. The second kappa shape index (κ2) is 6.10. The van der Waals surface area contributed by atoms with Gasteiger partial charge in [0, 0.05) is 0 Å². The Labute approximate surface area is 116 Å². The highest BCUT2D eigenvalue weighted by molar-refractivity contribution is 5.94. The van der Waals surface area contributed by atoms with Crippen molar-refractivity contribution in [3.05, 3.63) is 41.1 Å². The summed E-state index contributed by atoms with van der Waals surface area (Å²) in [4.78, 5) is 11.7. The van der Waals surface area contributed by atoms with E-state index in [2.05, 4.69) is 5.16 Å². The van der Waals surface area contributed by atoms with E-state index in [1.165, 1.54) is 0 Å². The van der Waals surface area contributed by atoms with Crippen molar-refractivity contribution < 1.29 is 18.8 Å². The van der Waals surface area contributed by atoms with Gasteiger partial charge in [-0.25, -0.2) is 4.79 Å². The molecule has 0 aliphatic rings. The molecule has 0 fully saturated rings. The van der Waals surface area contributed by atoms with E-state index in [0.717, 1.165) is 11.3 Å². The van der Waals surface area contributed by atoms with Crippen LogP contribution in [0.5, 0.6) is 5.75 Å². The van der Waals surface area contributed by atoms with Crippen LogP contribution in [-0.2, 0) is 4.74 Å². The fraction of sp³-hybridized carbons (Fsp3) is 0.286. The maximum absolute atomic E-state index is 11.7. The van der Waals surface area contributed by atoms with Crippen molar-refractivity contribution in [3.63, 3.8) is 0 Å². The molecule has 0 radical (unpaired) electrons. The Morgan fingerprint density at radius 3 is 2.55 bits per heavy atom. The summed E-state index contributed by atoms with van der Waals surface area (Å²) >= 11 is 0. The number of carbonyl (C=O) groups excluding carboxylic acids is 1. The van der Waals surface area contributed by atoms with Gasteiger partial charge in [-0.15, -0.1) is 0 Å². The molecule has 1 heterocycles. The molecule has 0 spiro atoms. The molecule has 0 aliphatic carbocycles. The molecular formula is C14H16N2O4. The summed E-state index contributed by atoms with van der Waals surface area (Å²) in [6.07, 6.45) is 0. The Balaban J connectivity index is 1.79. The second-order valence-electron chi connectivity index (χ2n) is 4.30. The summed E-state index contributed by atoms with van der Waals surface area (Å²) in [5, 5.41) is 3.59. The van der Waals surface area contributed by atoms with Crippen LogP contribution in [0, 0.1) is 13.8 Å². The van der Waals surface area contributed by atoms with Crippen molar-refractivity contribution in [2.75, 3.05) is 18.9 Å². The van der Waals surface area contributed by atoms with Crippen molar-refractivity contribution in [1.29, 1.82) is 0 Å². The van der Waals surface area contributed by atoms with E-state index in [1.54, 1.807) is 6.92 Å². The zero-order chi connectivity index (χ0) is 14.5. The first-order valence-corrected chi connectivity index (χ1v) is 6.16. The molecule has 0 bridgehead atoms. The Kier molecular flexibility index (Phi) is 4.24. The molecule has 0 saturated carbocycles. The van der Waals surface area contributed by atoms with Gasteiger partial charge in [0.25, 0.3) is 0 Å². The molecule has 0 aliphatic heterocycles. The highest BCUT2D eigenvalue weighted by Crippen LogP contribution is 2.16. The molecule has 1 aromatic heterocycles. The van der Waals surface area contributed by atoms with Crippen LogP contribution in [0.2, 0.25) is 0 Å². The summed E-state index contributed by atoms with van der Waals surface area (Å²) in [6, 6.07) is 7.61. The molecule has 0 unspecified atom stereocenters. The van der Waals surface area contributed by atoms with Crippen LogP contribution < -0.4 is 10.5 Å². The van der Waals surface area contributed by atoms with Crippen LogP contribution in [0.3, 0.4) is 0 Å². The number of esters is 1. The summed E-state index contributed by atoms with van der Waals surface area (Å²) in [5.41, 5.74) is 7.22. The van der Waals surface area contributed by atoms with Crippen LogP contribution >= 0.6 is 0 Å². The number of anilines is 1. The van der Waals surface area contributed by atoms with Crippen molar-refractivity contribution in [2.24, 2.45) is 0 Å². The molecule has 6 heteroatoms. The average molecular weight is 276 g/mol. The number of nitrogen functional groups attached to an aromatic ring is 1. The number of hydrogen-bond acceptors (Lipinski definition) is 6. The fourth-order valence-electron chi connectivity index (χ4n) is 1.64. The number of carbonyl (C=O) groups is 1. The zero-order valence-electron chi connectivity index (χ0n) is 11.4. The third-order valence-electron chi connectivity index (χ3n) is 2.70. The van der Waals surface area contributed by atoms with Gasteiger partial charge in [0.05, 0.1) is 5.69 Å². The average Bonchev–Trinajstić information content (AvgIpc) is 2.76. The Morgan fingerprint density at radius 2 is 1.95 bits per heavy atom. The molecule has 2 aromatic rings. The maximum atomic E-state index is 11.7. The summed E-state index contributed by atoms with van der Waals surface area (Å²) in [7, 11) is 0. The number of hydrogen-bond donors (Lipinski definition) is 1. The Morgan fingerprint density at radius 1 is 1.25 bits per heavy atom. The standard InChI is InChI=1S/C14H16N2O4/c1-9-3-5-11(6-4-9)18-7-8-19-14(17)12-10(2)16-20-13(12)15/h3-6H,7-8,15H2,1-2H3. The number of nitrogens with two attached hydrogens (primary N) is 1. The minimum atomic E-state index is -0.561. The molecule has 0 atom stereocenters. The maximum Gasteiger partial charge on any atom is 0.345 e. The lowest BCUT2D eigenvalue weighted by molar-refractivity contribution is 0.0450. The van der Waals surface area contributed by atoms with E-state index in [4.69, 9.17) is 19.7 Å². The fourth-order valence-corrected chi connectivity index (χ4v) is 1.64. The van der Waals surface area contributed by atoms with Crippen LogP contribution in [0.25, 0.3) is 0 Å². The van der Waals surface area contributed by atoms with Gasteiger partial charge in [0.15, 0.2) is 0 Å². The Hall–Kier alpha value is -2.50. The number of ether oxygens (including phenoxy) is 2. The first-order valence-electron chi connectivity index (χ1n) is 6.16. The quantitative estimate of drug-likeness (QED) is 0.664. The molecule has 106 valence electrons. The third-order valence-corrected chi connectivity index (χ3v) is 2.70. The monoisotopic (exact) mass is 276 g/mol. The number of nitrogens with zero attached hydrogens (tertiary/aromatic N) is 1. The normalized spacial score (nSPS) is 10.3. The van der Waals surface area contributed by atoms with E-state index >= 15 is 0 Å². The van der Waals surface area contributed by atoms with Crippen LogP contribution in [0.1, 0.15) is 21.6 Å². The van der Waals surface area contributed by atoms with Crippen molar-refractivity contribution in [2.45, 2.75) is 13.8 Å². The lowest BCUT2D eigenvalue weighted by Crippen LogP contribution is -2.13.